The predicted molar refractivity (Wildman–Crippen MR) is 69.1 cm³/mol. The van der Waals surface area contributed by atoms with E-state index < -0.39 is 39.0 Å². The lowest BCUT2D eigenvalue weighted by molar-refractivity contribution is -0.432. The molecule has 0 spiro atoms. The second-order valence-corrected chi connectivity index (χ2v) is 5.66. The van der Waals surface area contributed by atoms with Crippen LogP contribution < -0.4 is 0 Å². The molecule has 2 N–H and O–H groups in total. The van der Waals surface area contributed by atoms with Crippen LogP contribution in [0.3, 0.4) is 0 Å². The summed E-state index contributed by atoms with van der Waals surface area (Å²) in [7, 11) is 0. The fourth-order valence-electron chi connectivity index (χ4n) is 1.39. The van der Waals surface area contributed by atoms with E-state index >= 15 is 0 Å². The lowest BCUT2D eigenvalue weighted by Gasteiger charge is -2.10. The van der Waals surface area contributed by atoms with Crippen molar-refractivity contribution in [1.82, 2.24) is 0 Å². The Morgan fingerprint density at radius 1 is 1.00 bits per heavy atom. The highest BCUT2D eigenvalue weighted by Gasteiger charge is 2.26. The normalized spacial score (nSPS) is 11.0. The number of aliphatic carboxylic acids is 1. The van der Waals surface area contributed by atoms with Gasteiger partial charge in [-0.25, -0.2) is 22.8 Å². The number of hydrogen-bond acceptors (Lipinski definition) is 6. The van der Waals surface area contributed by atoms with E-state index in [1.165, 1.54) is 0 Å². The lowest BCUT2D eigenvalue weighted by atomic mass is 10.2. The molecule has 0 saturated heterocycles. The van der Waals surface area contributed by atoms with Crippen LogP contribution in [0, 0.1) is 23.3 Å². The number of thioether (sulfide) groups is 1. The molecule has 1 aromatic carbocycles. The van der Waals surface area contributed by atoms with Gasteiger partial charge in [0.2, 0.25) is 0 Å². The van der Waals surface area contributed by atoms with Gasteiger partial charge in [0.1, 0.15) is 4.90 Å². The topological polar surface area (TPSA) is 76.0 Å². The van der Waals surface area contributed by atoms with Gasteiger partial charge in [-0.2, -0.15) is 0 Å². The lowest BCUT2D eigenvalue weighted by Crippen LogP contribution is -2.03. The molecular formula is C11H10F4O5S2. The summed E-state index contributed by atoms with van der Waals surface area (Å²) in [5.74, 6) is -7.50. The summed E-state index contributed by atoms with van der Waals surface area (Å²) in [6, 6.07) is 0. The van der Waals surface area contributed by atoms with Crippen LogP contribution in [-0.4, -0.2) is 22.1 Å². The second kappa shape index (κ2) is 9.20. The Morgan fingerprint density at radius 2 is 1.55 bits per heavy atom. The minimum atomic E-state index is -1.69. The molecule has 22 heavy (non-hydrogen) atoms. The number of halogens is 4. The Balaban J connectivity index is 2.81. The first-order valence-corrected chi connectivity index (χ1v) is 7.48. The zero-order chi connectivity index (χ0) is 16.7. The summed E-state index contributed by atoms with van der Waals surface area (Å²) in [5, 5.41) is 19.4. The minimum absolute atomic E-state index is 0.0861. The summed E-state index contributed by atoms with van der Waals surface area (Å²) in [6.07, 6.45) is 0.464. The molecule has 0 bridgehead atoms. The highest BCUT2D eigenvalue weighted by Crippen LogP contribution is 2.36. The zero-order valence-electron chi connectivity index (χ0n) is 10.8. The van der Waals surface area contributed by atoms with Gasteiger partial charge in [-0.3, -0.25) is 4.79 Å². The highest BCUT2D eigenvalue weighted by atomic mass is 32.2. The zero-order valence-corrected chi connectivity index (χ0v) is 12.4. The van der Waals surface area contributed by atoms with Crippen LogP contribution in [0.2, 0.25) is 0 Å². The van der Waals surface area contributed by atoms with Crippen LogP contribution in [0.5, 0.6) is 0 Å². The molecule has 0 heterocycles. The molecule has 11 heteroatoms. The minimum Gasteiger partial charge on any atom is -0.481 e. The summed E-state index contributed by atoms with van der Waals surface area (Å²) in [5.41, 5.74) is 0. The van der Waals surface area contributed by atoms with E-state index in [2.05, 4.69) is 9.37 Å². The number of rotatable bonds is 9. The molecule has 0 aromatic heterocycles. The van der Waals surface area contributed by atoms with Gasteiger partial charge in [0.15, 0.2) is 23.3 Å². The summed E-state index contributed by atoms with van der Waals surface area (Å²) < 4.78 is 58.4. The van der Waals surface area contributed by atoms with Crippen molar-refractivity contribution in [2.75, 3.05) is 5.75 Å². The van der Waals surface area contributed by atoms with Crippen molar-refractivity contribution < 1.29 is 42.1 Å². The second-order valence-electron chi connectivity index (χ2n) is 3.84. The van der Waals surface area contributed by atoms with Gasteiger partial charge in [-0.1, -0.05) is 5.04 Å². The fourth-order valence-corrected chi connectivity index (χ4v) is 2.80. The van der Waals surface area contributed by atoms with Gasteiger partial charge >= 0.3 is 5.97 Å². The molecule has 0 radical (unpaired) electrons. The number of hydrogen-bond donors (Lipinski definition) is 2. The smallest absolute Gasteiger partial charge is 0.303 e. The Kier molecular flexibility index (Phi) is 7.96. The van der Waals surface area contributed by atoms with Gasteiger partial charge in [0, 0.05) is 6.42 Å². The number of carboxylic acids is 1. The van der Waals surface area contributed by atoms with Crippen molar-refractivity contribution in [2.24, 2.45) is 0 Å². The first-order valence-electron chi connectivity index (χ1n) is 5.75. The third kappa shape index (κ3) is 5.02. The summed E-state index contributed by atoms with van der Waals surface area (Å²) in [6.45, 7) is 0. The highest BCUT2D eigenvalue weighted by molar-refractivity contribution is 7.99. The molecule has 0 fully saturated rings. The third-order valence-corrected chi connectivity index (χ3v) is 4.16. The summed E-state index contributed by atoms with van der Waals surface area (Å²) in [4.78, 5) is 8.30. The van der Waals surface area contributed by atoms with E-state index in [1.54, 1.807) is 0 Å². The molecule has 5 nitrogen and oxygen atoms in total. The quantitative estimate of drug-likeness (QED) is 0.131. The Morgan fingerprint density at radius 3 is 2.05 bits per heavy atom. The van der Waals surface area contributed by atoms with Gasteiger partial charge in [-0.05, 0) is 18.6 Å². The van der Waals surface area contributed by atoms with Crippen LogP contribution >= 0.6 is 23.8 Å². The molecule has 0 aliphatic heterocycles. The monoisotopic (exact) mass is 362 g/mol. The van der Waals surface area contributed by atoms with Crippen LogP contribution in [0.25, 0.3) is 0 Å². The molecule has 0 aliphatic rings. The van der Waals surface area contributed by atoms with Crippen LogP contribution in [0.1, 0.15) is 19.3 Å². The van der Waals surface area contributed by atoms with Crippen molar-refractivity contribution in [3.05, 3.63) is 23.3 Å². The molecule has 0 atom stereocenters. The van der Waals surface area contributed by atoms with Gasteiger partial charge in [-0.15, -0.1) is 16.1 Å². The van der Waals surface area contributed by atoms with Crippen molar-refractivity contribution in [3.8, 4) is 0 Å². The average molecular weight is 362 g/mol. The van der Waals surface area contributed by atoms with E-state index in [0.29, 0.717) is 18.2 Å². The Hall–Kier alpha value is -1.01. The molecule has 0 saturated carbocycles. The third-order valence-electron chi connectivity index (χ3n) is 2.36. The van der Waals surface area contributed by atoms with Crippen molar-refractivity contribution in [1.29, 1.82) is 0 Å². The van der Waals surface area contributed by atoms with E-state index in [9.17, 15) is 22.4 Å². The largest absolute Gasteiger partial charge is 0.481 e. The standard InChI is InChI=1S/C11H10F4O5S2/c12-6-8(14)11(22-20-19-18)9(15)7(13)10(6)21-4-2-1-3-5(16)17/h18H,1-4H2,(H,16,17). The maximum Gasteiger partial charge on any atom is 0.303 e. The van der Waals surface area contributed by atoms with Gasteiger partial charge in [0.05, 0.1) is 16.9 Å². The Labute approximate surface area is 130 Å². The van der Waals surface area contributed by atoms with E-state index in [1.807, 2.05) is 0 Å². The van der Waals surface area contributed by atoms with E-state index in [4.69, 9.17) is 10.4 Å². The van der Waals surface area contributed by atoms with Crippen molar-refractivity contribution >= 4 is 29.8 Å². The van der Waals surface area contributed by atoms with Crippen molar-refractivity contribution in [2.45, 2.75) is 29.1 Å². The predicted octanol–water partition coefficient (Wildman–Crippen LogP) is 4.02. The summed E-state index contributed by atoms with van der Waals surface area (Å²) >= 11 is 0.302. The molecule has 0 aliphatic carbocycles. The molecule has 1 aromatic rings. The average Bonchev–Trinajstić information content (AvgIpc) is 2.48. The number of benzene rings is 1. The first-order chi connectivity index (χ1) is 10.4. The molecule has 1 rings (SSSR count). The SMILES string of the molecule is O=C(O)CCCCSc1c(F)c(F)c(SOOO)c(F)c1F. The number of carbonyl (C=O) groups is 1. The van der Waals surface area contributed by atoms with Gasteiger partial charge < -0.3 is 5.11 Å². The van der Waals surface area contributed by atoms with Crippen LogP contribution in [0.4, 0.5) is 17.6 Å². The Bertz CT molecular complexity index is 515. The van der Waals surface area contributed by atoms with E-state index in [0.717, 1.165) is 0 Å². The van der Waals surface area contributed by atoms with Crippen molar-refractivity contribution in [3.63, 3.8) is 0 Å². The maximum absolute atomic E-state index is 13.7. The van der Waals surface area contributed by atoms with Crippen LogP contribution in [-0.2, 0) is 14.2 Å². The first kappa shape index (κ1) is 19.0. The number of unbranched alkanes of at least 4 members (excludes halogenated alkanes) is 1. The van der Waals surface area contributed by atoms with Crippen LogP contribution in [0.15, 0.2) is 9.79 Å². The van der Waals surface area contributed by atoms with Gasteiger partial charge in [0.25, 0.3) is 0 Å². The molecular weight excluding hydrogens is 352 g/mol. The van der Waals surface area contributed by atoms with E-state index in [-0.39, 0.29) is 30.6 Å². The molecule has 0 amide bonds. The fraction of sp³-hybridized carbons (Fsp3) is 0.364. The number of carboxylic acid groups (broad SMARTS) is 1. The molecule has 0 unspecified atom stereocenters. The molecule has 124 valence electrons. The maximum atomic E-state index is 13.7.